The molecule has 1 aliphatic heterocycles. The SMILES string of the molecule is CCOC(=O)c1ccc(Nc2ccc(C(=O)N3CCCCC3)nc2)cc1. The maximum Gasteiger partial charge on any atom is 0.338 e. The van der Waals surface area contributed by atoms with Crippen LogP contribution >= 0.6 is 0 Å². The van der Waals surface area contributed by atoms with Gasteiger partial charge in [-0.05, 0) is 62.6 Å². The zero-order chi connectivity index (χ0) is 18.4. The Morgan fingerprint density at radius 3 is 2.35 bits per heavy atom. The number of carbonyl (C=O) groups is 2. The molecular weight excluding hydrogens is 330 g/mol. The number of carbonyl (C=O) groups excluding carboxylic acids is 2. The van der Waals surface area contributed by atoms with Crippen LogP contribution in [0.3, 0.4) is 0 Å². The van der Waals surface area contributed by atoms with Gasteiger partial charge in [-0.1, -0.05) is 0 Å². The predicted octanol–water partition coefficient (Wildman–Crippen LogP) is 3.63. The lowest BCUT2D eigenvalue weighted by Gasteiger charge is -2.26. The van der Waals surface area contributed by atoms with E-state index in [1.54, 1.807) is 43.5 Å². The highest BCUT2D eigenvalue weighted by Gasteiger charge is 2.18. The number of nitrogens with one attached hydrogen (secondary N) is 1. The maximum absolute atomic E-state index is 12.4. The Kier molecular flexibility index (Phi) is 5.84. The summed E-state index contributed by atoms with van der Waals surface area (Å²) in [7, 11) is 0. The number of hydrogen-bond donors (Lipinski definition) is 1. The molecule has 26 heavy (non-hydrogen) atoms. The normalized spacial score (nSPS) is 14.0. The molecule has 0 atom stereocenters. The van der Waals surface area contributed by atoms with Crippen molar-refractivity contribution in [1.29, 1.82) is 0 Å². The van der Waals surface area contributed by atoms with Gasteiger partial charge in [-0.25, -0.2) is 9.78 Å². The minimum Gasteiger partial charge on any atom is -0.462 e. The molecule has 0 bridgehead atoms. The summed E-state index contributed by atoms with van der Waals surface area (Å²) in [6.07, 6.45) is 4.96. The van der Waals surface area contributed by atoms with Gasteiger partial charge in [0.25, 0.3) is 5.91 Å². The van der Waals surface area contributed by atoms with E-state index in [1.807, 2.05) is 11.0 Å². The van der Waals surface area contributed by atoms with Crippen molar-refractivity contribution in [1.82, 2.24) is 9.88 Å². The third kappa shape index (κ3) is 4.39. The van der Waals surface area contributed by atoms with E-state index in [4.69, 9.17) is 4.74 Å². The van der Waals surface area contributed by atoms with Crippen LogP contribution in [-0.4, -0.2) is 41.5 Å². The number of hydrogen-bond acceptors (Lipinski definition) is 5. The Hall–Kier alpha value is -2.89. The number of likely N-dealkylation sites (tertiary alicyclic amines) is 1. The van der Waals surface area contributed by atoms with Crippen molar-refractivity contribution in [2.45, 2.75) is 26.2 Å². The van der Waals surface area contributed by atoms with Crippen LogP contribution in [0.5, 0.6) is 0 Å². The second-order valence-corrected chi connectivity index (χ2v) is 6.21. The fourth-order valence-corrected chi connectivity index (χ4v) is 2.92. The molecule has 0 unspecified atom stereocenters. The van der Waals surface area contributed by atoms with Gasteiger partial charge in [0.15, 0.2) is 0 Å². The van der Waals surface area contributed by atoms with Crippen LogP contribution in [0, 0.1) is 0 Å². The molecule has 2 aromatic rings. The first-order valence-electron chi connectivity index (χ1n) is 8.97. The molecule has 1 amide bonds. The summed E-state index contributed by atoms with van der Waals surface area (Å²) >= 11 is 0. The van der Waals surface area contributed by atoms with Gasteiger partial charge in [-0.3, -0.25) is 4.79 Å². The summed E-state index contributed by atoms with van der Waals surface area (Å²) in [6, 6.07) is 10.6. The van der Waals surface area contributed by atoms with E-state index in [0.717, 1.165) is 37.3 Å². The lowest BCUT2D eigenvalue weighted by molar-refractivity contribution is 0.0526. The van der Waals surface area contributed by atoms with E-state index in [9.17, 15) is 9.59 Å². The molecule has 6 heteroatoms. The Morgan fingerprint density at radius 2 is 1.73 bits per heavy atom. The van der Waals surface area contributed by atoms with Gasteiger partial charge >= 0.3 is 5.97 Å². The Labute approximate surface area is 153 Å². The van der Waals surface area contributed by atoms with E-state index < -0.39 is 0 Å². The van der Waals surface area contributed by atoms with Crippen molar-refractivity contribution in [3.05, 3.63) is 53.9 Å². The molecule has 1 aromatic carbocycles. The molecule has 1 saturated heterocycles. The van der Waals surface area contributed by atoms with Gasteiger partial charge in [0, 0.05) is 18.8 Å². The van der Waals surface area contributed by atoms with Gasteiger partial charge in [-0.2, -0.15) is 0 Å². The minimum atomic E-state index is -0.332. The highest BCUT2D eigenvalue weighted by atomic mass is 16.5. The number of amides is 1. The summed E-state index contributed by atoms with van der Waals surface area (Å²) < 4.78 is 4.97. The number of benzene rings is 1. The van der Waals surface area contributed by atoms with E-state index in [1.165, 1.54) is 6.42 Å². The first-order valence-corrected chi connectivity index (χ1v) is 8.97. The molecule has 6 nitrogen and oxygen atoms in total. The number of nitrogens with zero attached hydrogens (tertiary/aromatic N) is 2. The molecular formula is C20H23N3O3. The van der Waals surface area contributed by atoms with E-state index >= 15 is 0 Å². The average Bonchev–Trinajstić information content (AvgIpc) is 2.69. The summed E-state index contributed by atoms with van der Waals surface area (Å²) in [5.41, 5.74) is 2.59. The largest absolute Gasteiger partial charge is 0.462 e. The average molecular weight is 353 g/mol. The summed E-state index contributed by atoms with van der Waals surface area (Å²) in [5.74, 6) is -0.337. The Morgan fingerprint density at radius 1 is 1.04 bits per heavy atom. The monoisotopic (exact) mass is 353 g/mol. The Bertz CT molecular complexity index is 751. The number of pyridine rings is 1. The van der Waals surface area contributed by atoms with Crippen LogP contribution in [0.4, 0.5) is 11.4 Å². The molecule has 3 rings (SSSR count). The topological polar surface area (TPSA) is 71.5 Å². The number of piperidine rings is 1. The minimum absolute atomic E-state index is 0.00459. The second kappa shape index (κ2) is 8.47. The highest BCUT2D eigenvalue weighted by Crippen LogP contribution is 2.18. The lowest BCUT2D eigenvalue weighted by Crippen LogP contribution is -2.36. The van der Waals surface area contributed by atoms with Crippen LogP contribution in [-0.2, 0) is 4.74 Å². The van der Waals surface area contributed by atoms with Crippen molar-refractivity contribution in [3.8, 4) is 0 Å². The number of anilines is 2. The third-order valence-corrected chi connectivity index (χ3v) is 4.31. The molecule has 1 N–H and O–H groups in total. The Balaban J connectivity index is 1.62. The van der Waals surface area contributed by atoms with Gasteiger partial charge in [0.1, 0.15) is 5.69 Å². The molecule has 0 aliphatic carbocycles. The molecule has 0 saturated carbocycles. The van der Waals surface area contributed by atoms with Crippen LogP contribution in [0.25, 0.3) is 0 Å². The number of rotatable bonds is 5. The molecule has 1 aromatic heterocycles. The second-order valence-electron chi connectivity index (χ2n) is 6.21. The van der Waals surface area contributed by atoms with Crippen LogP contribution in [0.2, 0.25) is 0 Å². The van der Waals surface area contributed by atoms with E-state index in [0.29, 0.717) is 17.9 Å². The standard InChI is InChI=1S/C20H23N3O3/c1-2-26-20(25)15-6-8-16(9-7-15)22-17-10-11-18(21-14-17)19(24)23-12-4-3-5-13-23/h6-11,14,22H,2-5,12-13H2,1H3. The number of ether oxygens (including phenoxy) is 1. The van der Waals surface area contributed by atoms with Crippen molar-refractivity contribution >= 4 is 23.3 Å². The predicted molar refractivity (Wildman–Crippen MR) is 99.7 cm³/mol. The van der Waals surface area contributed by atoms with Crippen molar-refractivity contribution in [3.63, 3.8) is 0 Å². The van der Waals surface area contributed by atoms with Gasteiger partial charge < -0.3 is 15.0 Å². The lowest BCUT2D eigenvalue weighted by atomic mass is 10.1. The molecule has 1 aliphatic rings. The highest BCUT2D eigenvalue weighted by molar-refractivity contribution is 5.92. The van der Waals surface area contributed by atoms with Crippen LogP contribution in [0.1, 0.15) is 47.0 Å². The van der Waals surface area contributed by atoms with Crippen LogP contribution in [0.15, 0.2) is 42.6 Å². The van der Waals surface area contributed by atoms with Crippen molar-refractivity contribution in [2.75, 3.05) is 25.0 Å². The number of esters is 1. The molecule has 0 spiro atoms. The zero-order valence-electron chi connectivity index (χ0n) is 14.9. The summed E-state index contributed by atoms with van der Waals surface area (Å²) in [4.78, 5) is 30.2. The summed E-state index contributed by atoms with van der Waals surface area (Å²) in [5, 5.41) is 3.21. The summed E-state index contributed by atoms with van der Waals surface area (Å²) in [6.45, 7) is 3.76. The molecule has 2 heterocycles. The van der Waals surface area contributed by atoms with Gasteiger partial charge in [0.05, 0.1) is 24.1 Å². The van der Waals surface area contributed by atoms with Crippen LogP contribution < -0.4 is 5.32 Å². The first-order chi connectivity index (χ1) is 12.7. The van der Waals surface area contributed by atoms with E-state index in [2.05, 4.69) is 10.3 Å². The molecule has 1 fully saturated rings. The molecule has 0 radical (unpaired) electrons. The van der Waals surface area contributed by atoms with Gasteiger partial charge in [-0.15, -0.1) is 0 Å². The fraction of sp³-hybridized carbons (Fsp3) is 0.350. The van der Waals surface area contributed by atoms with Crippen molar-refractivity contribution < 1.29 is 14.3 Å². The maximum atomic E-state index is 12.4. The molecule has 136 valence electrons. The van der Waals surface area contributed by atoms with Gasteiger partial charge in [0.2, 0.25) is 0 Å². The number of aromatic nitrogens is 1. The fourth-order valence-electron chi connectivity index (χ4n) is 2.92. The quantitative estimate of drug-likeness (QED) is 0.831. The zero-order valence-corrected chi connectivity index (χ0v) is 14.9. The van der Waals surface area contributed by atoms with E-state index in [-0.39, 0.29) is 11.9 Å². The third-order valence-electron chi connectivity index (χ3n) is 4.31. The van der Waals surface area contributed by atoms with Crippen molar-refractivity contribution in [2.24, 2.45) is 0 Å². The smallest absolute Gasteiger partial charge is 0.338 e. The first kappa shape index (κ1) is 17.9.